The first-order valence-corrected chi connectivity index (χ1v) is 16.7. The van der Waals surface area contributed by atoms with Gasteiger partial charge >= 0.3 is 15.1 Å². The van der Waals surface area contributed by atoms with Crippen LogP contribution in [0, 0.1) is 0 Å². The third-order valence-electron chi connectivity index (χ3n) is 7.17. The molecule has 3 unspecified atom stereocenters. The zero-order chi connectivity index (χ0) is 30.9. The van der Waals surface area contributed by atoms with Gasteiger partial charge in [0.15, 0.2) is 47.4 Å². The number of halogens is 2. The van der Waals surface area contributed by atoms with E-state index in [0.717, 1.165) is 17.2 Å². The lowest BCUT2D eigenvalue weighted by Crippen LogP contribution is -2.33. The largest absolute Gasteiger partial charge is 0.386 e. The molecule has 3 aliphatic heterocycles. The van der Waals surface area contributed by atoms with Crippen molar-refractivity contribution >= 4 is 61.4 Å². The number of hydrogen-bond acceptors (Lipinski definition) is 16. The van der Waals surface area contributed by atoms with Gasteiger partial charge in [0.2, 0.25) is 5.95 Å². The van der Waals surface area contributed by atoms with Gasteiger partial charge in [-0.25, -0.2) is 33.3 Å². The SMILES string of the molecule is Nc1nc2c(ncn2[C@@H]2O[C@@H]3CO[PH](=O)O[C@@H]4C(COP(=O)(S)O[C@@H]2[C@@H]3F)O[C@@H](n2cnc3c(N)ncnc32)[C@H]4F)c(=O)[nH]1. The number of hydrogen-bond donors (Lipinski definition) is 4. The molecule has 0 amide bonds. The monoisotopic (exact) mass is 678 g/mol. The zero-order valence-electron chi connectivity index (χ0n) is 21.9. The van der Waals surface area contributed by atoms with Gasteiger partial charge in [-0.1, -0.05) is 12.2 Å². The molecule has 4 aromatic rings. The average molecular weight is 678 g/mol. The van der Waals surface area contributed by atoms with E-state index in [4.69, 9.17) is 39.0 Å². The number of nitrogens with one attached hydrogen (secondary N) is 1. The minimum atomic E-state index is -4.46. The Balaban J connectivity index is 1.18. The lowest BCUT2D eigenvalue weighted by molar-refractivity contribution is -0.0559. The minimum Gasteiger partial charge on any atom is -0.382 e. The average Bonchev–Trinajstić information content (AvgIpc) is 3.72. The highest BCUT2D eigenvalue weighted by Crippen LogP contribution is 2.58. The fourth-order valence-corrected chi connectivity index (χ4v) is 7.51. The van der Waals surface area contributed by atoms with Crippen LogP contribution in [-0.4, -0.2) is 89.0 Å². The van der Waals surface area contributed by atoms with Crippen molar-refractivity contribution in [2.75, 3.05) is 24.7 Å². The van der Waals surface area contributed by atoms with Crippen molar-refractivity contribution in [1.82, 2.24) is 39.0 Å². The number of H-pyrrole nitrogens is 1. The van der Waals surface area contributed by atoms with Gasteiger partial charge in [-0.05, 0) is 0 Å². The number of nitrogens with two attached hydrogens (primary N) is 2. The van der Waals surface area contributed by atoms with Crippen LogP contribution in [0.1, 0.15) is 12.5 Å². The molecule has 0 radical (unpaired) electrons. The summed E-state index contributed by atoms with van der Waals surface area (Å²) in [5.74, 6) is -0.209. The first kappa shape index (κ1) is 29.6. The number of alkyl halides is 2. The highest BCUT2D eigenvalue weighted by Gasteiger charge is 2.53. The number of nitrogens with zero attached hydrogens (tertiary/aromatic N) is 7. The van der Waals surface area contributed by atoms with Gasteiger partial charge < -0.3 is 30.0 Å². The molecule has 5 N–H and O–H groups in total. The van der Waals surface area contributed by atoms with Crippen LogP contribution >= 0.6 is 27.3 Å². The quantitative estimate of drug-likeness (QED) is 0.169. The van der Waals surface area contributed by atoms with Crippen LogP contribution in [0.4, 0.5) is 20.5 Å². The molecule has 10 atom stereocenters. The fourth-order valence-electron chi connectivity index (χ4n) is 5.19. The molecule has 3 saturated heterocycles. The van der Waals surface area contributed by atoms with E-state index in [-0.39, 0.29) is 34.1 Å². The second-order valence-electron chi connectivity index (χ2n) is 9.86. The predicted molar refractivity (Wildman–Crippen MR) is 147 cm³/mol. The molecule has 0 aromatic carbocycles. The topological polar surface area (TPSA) is 249 Å². The van der Waals surface area contributed by atoms with E-state index in [1.54, 1.807) is 0 Å². The molecular formula is C20H22F2N10O9P2S. The number of aromatic amines is 1. The molecule has 0 saturated carbocycles. The van der Waals surface area contributed by atoms with Crippen LogP contribution in [0.25, 0.3) is 22.3 Å². The highest BCUT2D eigenvalue weighted by molar-refractivity contribution is 8.44. The Bertz CT molecular complexity index is 1880. The summed E-state index contributed by atoms with van der Waals surface area (Å²) < 4.78 is 93.3. The molecule has 44 heavy (non-hydrogen) atoms. The minimum absolute atomic E-state index is 0.0481. The van der Waals surface area contributed by atoms with E-state index in [1.807, 2.05) is 0 Å². The van der Waals surface area contributed by atoms with Crippen molar-refractivity contribution in [1.29, 1.82) is 0 Å². The number of nitrogen functional groups attached to an aromatic ring is 2. The van der Waals surface area contributed by atoms with E-state index in [0.29, 0.717) is 0 Å². The zero-order valence-corrected chi connectivity index (χ0v) is 24.7. The molecule has 19 nitrogen and oxygen atoms in total. The second kappa shape index (κ2) is 11.1. The second-order valence-corrected chi connectivity index (χ2v) is 13.8. The molecule has 0 spiro atoms. The van der Waals surface area contributed by atoms with Crippen LogP contribution in [0.15, 0.2) is 23.8 Å². The number of rotatable bonds is 2. The highest BCUT2D eigenvalue weighted by atomic mass is 32.7. The summed E-state index contributed by atoms with van der Waals surface area (Å²) in [5.41, 5.74) is 10.9. The van der Waals surface area contributed by atoms with E-state index in [9.17, 15) is 13.9 Å². The molecule has 7 heterocycles. The van der Waals surface area contributed by atoms with Crippen LogP contribution < -0.4 is 17.0 Å². The molecule has 236 valence electrons. The van der Waals surface area contributed by atoms with E-state index in [1.165, 1.54) is 10.9 Å². The first-order chi connectivity index (χ1) is 21.0. The Morgan fingerprint density at radius 3 is 2.50 bits per heavy atom. The number of thiol groups is 1. The summed E-state index contributed by atoms with van der Waals surface area (Å²) in [7, 11) is -3.51. The van der Waals surface area contributed by atoms with Gasteiger partial charge in [0.25, 0.3) is 5.56 Å². The Labute approximate surface area is 249 Å². The van der Waals surface area contributed by atoms with E-state index < -0.39 is 83.0 Å². The first-order valence-electron chi connectivity index (χ1n) is 12.7. The van der Waals surface area contributed by atoms with Crippen molar-refractivity contribution in [3.8, 4) is 0 Å². The van der Waals surface area contributed by atoms with Crippen LogP contribution in [0.5, 0.6) is 0 Å². The van der Waals surface area contributed by atoms with Gasteiger partial charge in [-0.3, -0.25) is 32.5 Å². The maximum Gasteiger partial charge on any atom is 0.386 e. The van der Waals surface area contributed by atoms with Gasteiger partial charge in [0.05, 0.1) is 25.9 Å². The van der Waals surface area contributed by atoms with Crippen LogP contribution in [0.3, 0.4) is 0 Å². The van der Waals surface area contributed by atoms with Gasteiger partial charge in [0, 0.05) is 0 Å². The lowest BCUT2D eigenvalue weighted by Gasteiger charge is -2.25. The maximum atomic E-state index is 15.8. The van der Waals surface area contributed by atoms with E-state index >= 15 is 8.78 Å². The van der Waals surface area contributed by atoms with Gasteiger partial charge in [-0.2, -0.15) is 4.98 Å². The fraction of sp³-hybridized carbons (Fsp3) is 0.500. The molecule has 0 aliphatic carbocycles. The van der Waals surface area contributed by atoms with Crippen LogP contribution in [0.2, 0.25) is 0 Å². The van der Waals surface area contributed by atoms with Crippen molar-refractivity contribution in [2.45, 2.75) is 49.2 Å². The Hall–Kier alpha value is -3.07. The van der Waals surface area contributed by atoms with Crippen molar-refractivity contribution in [3.63, 3.8) is 0 Å². The molecule has 3 aliphatic rings. The lowest BCUT2D eigenvalue weighted by atomic mass is 10.1. The Kier molecular flexibility index (Phi) is 7.46. The number of fused-ring (bicyclic) bond motifs is 5. The third-order valence-corrected chi connectivity index (χ3v) is 9.65. The van der Waals surface area contributed by atoms with Gasteiger partial charge in [0.1, 0.15) is 36.3 Å². The van der Waals surface area contributed by atoms with Crippen molar-refractivity contribution in [3.05, 3.63) is 29.3 Å². The number of imidazole rings is 2. The maximum absolute atomic E-state index is 15.8. The Morgan fingerprint density at radius 2 is 1.70 bits per heavy atom. The molecule has 7 rings (SSSR count). The normalized spacial score (nSPS) is 36.6. The van der Waals surface area contributed by atoms with E-state index in [2.05, 4.69) is 42.2 Å². The summed E-state index contributed by atoms with van der Waals surface area (Å²) in [6.45, 7) is -5.78. The molecule has 24 heteroatoms. The molecule has 3 fully saturated rings. The van der Waals surface area contributed by atoms with Gasteiger partial charge in [-0.15, -0.1) is 0 Å². The van der Waals surface area contributed by atoms with Crippen molar-refractivity contribution in [2.24, 2.45) is 0 Å². The molecular weight excluding hydrogens is 656 g/mol. The Morgan fingerprint density at radius 1 is 0.977 bits per heavy atom. The number of aromatic nitrogens is 8. The summed E-state index contributed by atoms with van der Waals surface area (Å²) in [4.78, 5) is 34.5. The number of anilines is 2. The summed E-state index contributed by atoms with van der Waals surface area (Å²) in [6.07, 6.45) is -9.49. The summed E-state index contributed by atoms with van der Waals surface area (Å²) >= 11 is 3.99. The number of ether oxygens (including phenoxy) is 2. The predicted octanol–water partition coefficient (Wildman–Crippen LogP) is 0.840. The smallest absolute Gasteiger partial charge is 0.382 e. The summed E-state index contributed by atoms with van der Waals surface area (Å²) in [6, 6.07) is 0. The molecule has 4 aromatic heterocycles. The third kappa shape index (κ3) is 5.09. The molecule has 2 bridgehead atoms. The van der Waals surface area contributed by atoms with Crippen LogP contribution in [-0.2, 0) is 36.7 Å². The standard InChI is InChI=1S/C20H22F2N10O9P2S/c21-8-6-1-36-42(34)40-12-7(39-18(9(12)22)31-4-27-10-14(23)25-3-26-15(10)31)2-37-43(35,44)41-13(8)19(38-6)32-5-28-11-16(32)29-20(24)30-17(11)33/h3-9,12-13,18-19,42H,1-2H2,(H,35,44)(H2,23,25,26)(H3,24,29,30,33)/t6-,7?,8-,9+,12-,13-,18-,19-,43?/m1/s1. The summed E-state index contributed by atoms with van der Waals surface area (Å²) in [5, 5.41) is 0. The van der Waals surface area contributed by atoms with Crippen molar-refractivity contribution < 1.29 is 45.5 Å².